The average Bonchev–Trinajstić information content (AvgIpc) is 3.41. The van der Waals surface area contributed by atoms with Crippen molar-refractivity contribution in [3.05, 3.63) is 30.2 Å². The van der Waals surface area contributed by atoms with Gasteiger partial charge in [0, 0.05) is 32.9 Å². The van der Waals surface area contributed by atoms with Crippen molar-refractivity contribution in [1.82, 2.24) is 24.8 Å². The summed E-state index contributed by atoms with van der Waals surface area (Å²) in [5, 5.41) is 11.9. The number of piperidine rings is 1. The summed E-state index contributed by atoms with van der Waals surface area (Å²) in [7, 11) is 1.83. The lowest BCUT2D eigenvalue weighted by atomic mass is 10.1. The maximum atomic E-state index is 6.03. The molecule has 134 valence electrons. The van der Waals surface area contributed by atoms with E-state index in [1.54, 1.807) is 0 Å². The van der Waals surface area contributed by atoms with E-state index in [1.165, 1.54) is 12.8 Å². The third-order valence-electron chi connectivity index (χ3n) is 5.01. The Morgan fingerprint density at radius 1 is 1.24 bits per heavy atom. The van der Waals surface area contributed by atoms with Gasteiger partial charge in [-0.2, -0.15) is 0 Å². The van der Waals surface area contributed by atoms with Crippen LogP contribution >= 0.6 is 0 Å². The van der Waals surface area contributed by atoms with Gasteiger partial charge in [0.1, 0.15) is 0 Å². The van der Waals surface area contributed by atoms with Gasteiger partial charge in [-0.05, 0) is 43.7 Å². The van der Waals surface area contributed by atoms with Crippen LogP contribution in [0.4, 0.5) is 0 Å². The topological polar surface area (TPSA) is 67.0 Å². The van der Waals surface area contributed by atoms with Crippen molar-refractivity contribution in [1.29, 1.82) is 0 Å². The number of fused-ring (bicyclic) bond motifs is 1. The van der Waals surface area contributed by atoms with Crippen LogP contribution in [0.25, 0.3) is 5.65 Å². The maximum Gasteiger partial charge on any atom is 0.194 e. The average molecular weight is 342 g/mol. The van der Waals surface area contributed by atoms with Crippen LogP contribution < -0.4 is 5.32 Å². The van der Waals surface area contributed by atoms with Crippen LogP contribution in [0.1, 0.15) is 31.5 Å². The Hall–Kier alpha value is -2.15. The Morgan fingerprint density at radius 2 is 2.08 bits per heavy atom. The molecule has 3 heterocycles. The quantitative estimate of drug-likeness (QED) is 0.662. The molecule has 1 saturated heterocycles. The highest BCUT2D eigenvalue weighted by Crippen LogP contribution is 2.30. The van der Waals surface area contributed by atoms with Gasteiger partial charge in [-0.1, -0.05) is 6.07 Å². The van der Waals surface area contributed by atoms with Crippen LogP contribution in [0.5, 0.6) is 0 Å². The summed E-state index contributed by atoms with van der Waals surface area (Å²) in [5.74, 6) is 2.65. The number of aliphatic imine (C=N–C) groups is 1. The molecule has 0 amide bonds. The van der Waals surface area contributed by atoms with Crippen LogP contribution in [0.15, 0.2) is 29.4 Å². The number of nitrogens with zero attached hydrogens (tertiary/aromatic N) is 5. The number of ether oxygens (including phenoxy) is 1. The highest BCUT2D eigenvalue weighted by atomic mass is 16.5. The molecule has 0 radical (unpaired) electrons. The Bertz CT molecular complexity index is 730. The number of hydrogen-bond donors (Lipinski definition) is 1. The van der Waals surface area contributed by atoms with Gasteiger partial charge in [0.2, 0.25) is 0 Å². The van der Waals surface area contributed by atoms with Crippen LogP contribution in [0, 0.1) is 5.92 Å². The van der Waals surface area contributed by atoms with E-state index in [-0.39, 0.29) is 0 Å². The molecule has 2 fully saturated rings. The molecule has 2 aliphatic rings. The summed E-state index contributed by atoms with van der Waals surface area (Å²) in [4.78, 5) is 6.74. The third-order valence-corrected chi connectivity index (χ3v) is 5.01. The molecule has 1 aliphatic heterocycles. The van der Waals surface area contributed by atoms with E-state index in [0.29, 0.717) is 12.6 Å². The molecule has 1 N–H and O–H groups in total. The second-order valence-corrected chi connectivity index (χ2v) is 6.91. The van der Waals surface area contributed by atoms with Crippen LogP contribution in [-0.2, 0) is 11.3 Å². The number of likely N-dealkylation sites (tertiary alicyclic amines) is 1. The van der Waals surface area contributed by atoms with Gasteiger partial charge in [0.15, 0.2) is 17.4 Å². The standard InChI is InChI=1S/C18H26N6O/c1-19-18(20-12-17-22-21-16-4-2-3-9-24(16)17)23-10-7-15(8-11-23)25-13-14-5-6-14/h2-4,9,14-15H,5-8,10-13H2,1H3,(H,19,20). The summed E-state index contributed by atoms with van der Waals surface area (Å²) >= 11 is 0. The zero-order valence-corrected chi connectivity index (χ0v) is 14.8. The fourth-order valence-corrected chi connectivity index (χ4v) is 3.29. The zero-order chi connectivity index (χ0) is 17.1. The molecule has 25 heavy (non-hydrogen) atoms. The molecule has 0 bridgehead atoms. The van der Waals surface area contributed by atoms with Crippen molar-refractivity contribution in [2.24, 2.45) is 10.9 Å². The Balaban J connectivity index is 1.29. The highest BCUT2D eigenvalue weighted by Gasteiger charge is 2.26. The molecule has 0 unspecified atom stereocenters. The Labute approximate surface area is 148 Å². The molecule has 2 aromatic rings. The van der Waals surface area contributed by atoms with E-state index in [2.05, 4.69) is 25.4 Å². The van der Waals surface area contributed by atoms with Gasteiger partial charge in [0.25, 0.3) is 0 Å². The SMILES string of the molecule is CN=C(NCc1nnc2ccccn12)N1CCC(OCC2CC2)CC1. The first-order valence-corrected chi connectivity index (χ1v) is 9.19. The monoisotopic (exact) mass is 342 g/mol. The van der Waals surface area contributed by atoms with Gasteiger partial charge in [0.05, 0.1) is 12.6 Å². The lowest BCUT2D eigenvalue weighted by molar-refractivity contribution is 0.0131. The Kier molecular flexibility index (Phi) is 4.83. The van der Waals surface area contributed by atoms with E-state index < -0.39 is 0 Å². The van der Waals surface area contributed by atoms with Gasteiger partial charge < -0.3 is 15.0 Å². The van der Waals surface area contributed by atoms with Crippen molar-refractivity contribution in [2.45, 2.75) is 38.3 Å². The summed E-state index contributed by atoms with van der Waals surface area (Å²) in [6.45, 7) is 3.53. The maximum absolute atomic E-state index is 6.03. The highest BCUT2D eigenvalue weighted by molar-refractivity contribution is 5.79. The number of aromatic nitrogens is 3. The number of nitrogens with one attached hydrogen (secondary N) is 1. The van der Waals surface area contributed by atoms with Crippen LogP contribution in [-0.4, -0.2) is 58.3 Å². The largest absolute Gasteiger partial charge is 0.378 e. The molecular weight excluding hydrogens is 316 g/mol. The fraction of sp³-hybridized carbons (Fsp3) is 0.611. The second kappa shape index (κ2) is 7.39. The molecule has 0 spiro atoms. The summed E-state index contributed by atoms with van der Waals surface area (Å²) in [5.41, 5.74) is 0.864. The lowest BCUT2D eigenvalue weighted by Crippen LogP contribution is -2.47. The van der Waals surface area contributed by atoms with Gasteiger partial charge in [-0.3, -0.25) is 9.39 Å². The minimum Gasteiger partial charge on any atom is -0.378 e. The molecule has 4 rings (SSSR count). The second-order valence-electron chi connectivity index (χ2n) is 6.91. The van der Waals surface area contributed by atoms with E-state index in [9.17, 15) is 0 Å². The molecule has 7 heteroatoms. The fourth-order valence-electron chi connectivity index (χ4n) is 3.29. The van der Waals surface area contributed by atoms with Gasteiger partial charge in [-0.15, -0.1) is 10.2 Å². The third kappa shape index (κ3) is 3.92. The van der Waals surface area contributed by atoms with Crippen molar-refractivity contribution < 1.29 is 4.74 Å². The van der Waals surface area contributed by atoms with Crippen molar-refractivity contribution in [3.63, 3.8) is 0 Å². The number of guanidine groups is 1. The molecule has 0 aromatic carbocycles. The molecule has 7 nitrogen and oxygen atoms in total. The van der Waals surface area contributed by atoms with Crippen molar-refractivity contribution >= 4 is 11.6 Å². The van der Waals surface area contributed by atoms with Crippen LogP contribution in [0.2, 0.25) is 0 Å². The lowest BCUT2D eigenvalue weighted by Gasteiger charge is -2.34. The minimum atomic E-state index is 0.412. The van der Waals surface area contributed by atoms with Gasteiger partial charge in [-0.25, -0.2) is 0 Å². The van der Waals surface area contributed by atoms with Gasteiger partial charge >= 0.3 is 0 Å². The number of pyridine rings is 1. The summed E-state index contributed by atoms with van der Waals surface area (Å²) < 4.78 is 8.03. The van der Waals surface area contributed by atoms with Crippen molar-refractivity contribution in [3.8, 4) is 0 Å². The first-order valence-electron chi connectivity index (χ1n) is 9.19. The molecular formula is C18H26N6O. The normalized spacial score (nSPS) is 19.6. The zero-order valence-electron chi connectivity index (χ0n) is 14.8. The first-order chi connectivity index (χ1) is 12.3. The Morgan fingerprint density at radius 3 is 2.84 bits per heavy atom. The van der Waals surface area contributed by atoms with E-state index in [4.69, 9.17) is 4.74 Å². The molecule has 0 atom stereocenters. The predicted octanol–water partition coefficient (Wildman–Crippen LogP) is 1.70. The summed E-state index contributed by atoms with van der Waals surface area (Å²) in [6.07, 6.45) is 7.25. The van der Waals surface area contributed by atoms with E-state index in [0.717, 1.165) is 55.9 Å². The predicted molar refractivity (Wildman–Crippen MR) is 96.5 cm³/mol. The van der Waals surface area contributed by atoms with Crippen LogP contribution in [0.3, 0.4) is 0 Å². The molecule has 1 saturated carbocycles. The smallest absolute Gasteiger partial charge is 0.194 e. The van der Waals surface area contributed by atoms with E-state index >= 15 is 0 Å². The van der Waals surface area contributed by atoms with E-state index in [1.807, 2.05) is 35.8 Å². The number of rotatable bonds is 5. The first kappa shape index (κ1) is 16.3. The molecule has 2 aromatic heterocycles. The minimum absolute atomic E-state index is 0.412. The summed E-state index contributed by atoms with van der Waals surface area (Å²) in [6, 6.07) is 5.91. The van der Waals surface area contributed by atoms with Crippen molar-refractivity contribution in [2.75, 3.05) is 26.7 Å². The molecule has 1 aliphatic carbocycles. The number of hydrogen-bond acceptors (Lipinski definition) is 4.